The van der Waals surface area contributed by atoms with Gasteiger partial charge in [0.2, 0.25) is 0 Å². The van der Waals surface area contributed by atoms with Crippen molar-refractivity contribution in [1.82, 2.24) is 0 Å². The molecule has 17 heavy (non-hydrogen) atoms. The van der Waals surface area contributed by atoms with Crippen molar-refractivity contribution in [3.63, 3.8) is 0 Å². The van der Waals surface area contributed by atoms with Crippen LogP contribution in [0.4, 0.5) is 10.1 Å². The van der Waals surface area contributed by atoms with Gasteiger partial charge >= 0.3 is 0 Å². The number of hydrogen-bond acceptors (Lipinski definition) is 1. The SMILES string of the molecule is CC1CCC(C)C(Nc2cc(Br)ccc2F)C1. The Morgan fingerprint density at radius 1 is 1.29 bits per heavy atom. The summed E-state index contributed by atoms with van der Waals surface area (Å²) in [6.07, 6.45) is 3.65. The van der Waals surface area contributed by atoms with Gasteiger partial charge in [-0.15, -0.1) is 0 Å². The maximum Gasteiger partial charge on any atom is 0.146 e. The van der Waals surface area contributed by atoms with Crippen LogP contribution in [0.15, 0.2) is 22.7 Å². The van der Waals surface area contributed by atoms with E-state index in [4.69, 9.17) is 0 Å². The van der Waals surface area contributed by atoms with Gasteiger partial charge < -0.3 is 5.32 Å². The molecule has 1 saturated carbocycles. The van der Waals surface area contributed by atoms with Crippen LogP contribution in [0.1, 0.15) is 33.1 Å². The fourth-order valence-electron chi connectivity index (χ4n) is 2.54. The Morgan fingerprint density at radius 2 is 2.06 bits per heavy atom. The van der Waals surface area contributed by atoms with Crippen molar-refractivity contribution in [2.45, 2.75) is 39.2 Å². The highest BCUT2D eigenvalue weighted by Gasteiger charge is 2.25. The van der Waals surface area contributed by atoms with Crippen LogP contribution in [0.25, 0.3) is 0 Å². The van der Waals surface area contributed by atoms with E-state index in [1.54, 1.807) is 6.07 Å². The zero-order valence-electron chi connectivity index (χ0n) is 10.3. The average Bonchev–Trinajstić information content (AvgIpc) is 2.28. The molecule has 94 valence electrons. The number of hydrogen-bond donors (Lipinski definition) is 1. The molecule has 0 aromatic heterocycles. The smallest absolute Gasteiger partial charge is 0.146 e. The van der Waals surface area contributed by atoms with Gasteiger partial charge in [-0.2, -0.15) is 0 Å². The van der Waals surface area contributed by atoms with E-state index >= 15 is 0 Å². The Kier molecular flexibility index (Phi) is 4.08. The van der Waals surface area contributed by atoms with Gasteiger partial charge in [-0.3, -0.25) is 0 Å². The van der Waals surface area contributed by atoms with E-state index in [2.05, 4.69) is 35.1 Å². The zero-order chi connectivity index (χ0) is 12.4. The first-order valence-corrected chi connectivity index (χ1v) is 7.07. The molecule has 3 unspecified atom stereocenters. The minimum atomic E-state index is -0.168. The van der Waals surface area contributed by atoms with Crippen LogP contribution in [-0.4, -0.2) is 6.04 Å². The van der Waals surface area contributed by atoms with Gasteiger partial charge in [-0.1, -0.05) is 36.2 Å². The van der Waals surface area contributed by atoms with E-state index in [1.165, 1.54) is 18.9 Å². The molecular formula is C14H19BrFN. The van der Waals surface area contributed by atoms with E-state index in [-0.39, 0.29) is 5.82 Å². The number of rotatable bonds is 2. The largest absolute Gasteiger partial charge is 0.380 e. The molecular weight excluding hydrogens is 281 g/mol. The Bertz CT molecular complexity index is 394. The van der Waals surface area contributed by atoms with Crippen molar-refractivity contribution in [2.24, 2.45) is 11.8 Å². The Labute approximate surface area is 111 Å². The third-order valence-electron chi connectivity index (χ3n) is 3.73. The van der Waals surface area contributed by atoms with E-state index in [1.807, 2.05) is 6.07 Å². The topological polar surface area (TPSA) is 12.0 Å². The first-order valence-electron chi connectivity index (χ1n) is 6.28. The number of halogens is 2. The van der Waals surface area contributed by atoms with Crippen molar-refractivity contribution in [3.8, 4) is 0 Å². The van der Waals surface area contributed by atoms with Crippen LogP contribution in [0.3, 0.4) is 0 Å². The first-order chi connectivity index (χ1) is 8.06. The van der Waals surface area contributed by atoms with Crippen molar-refractivity contribution in [3.05, 3.63) is 28.5 Å². The van der Waals surface area contributed by atoms with Crippen LogP contribution < -0.4 is 5.32 Å². The monoisotopic (exact) mass is 299 g/mol. The second kappa shape index (κ2) is 5.38. The van der Waals surface area contributed by atoms with Crippen LogP contribution in [0.2, 0.25) is 0 Å². The lowest BCUT2D eigenvalue weighted by Crippen LogP contribution is -2.33. The van der Waals surface area contributed by atoms with Crippen molar-refractivity contribution < 1.29 is 4.39 Å². The van der Waals surface area contributed by atoms with Crippen LogP contribution >= 0.6 is 15.9 Å². The van der Waals surface area contributed by atoms with Gasteiger partial charge in [0.1, 0.15) is 5.82 Å². The third-order valence-corrected chi connectivity index (χ3v) is 4.22. The molecule has 1 fully saturated rings. The summed E-state index contributed by atoms with van der Waals surface area (Å²) in [5, 5.41) is 3.37. The number of anilines is 1. The number of benzene rings is 1. The molecule has 2 rings (SSSR count). The molecule has 0 amide bonds. The third kappa shape index (κ3) is 3.21. The molecule has 1 aromatic carbocycles. The zero-order valence-corrected chi connectivity index (χ0v) is 11.9. The summed E-state index contributed by atoms with van der Waals surface area (Å²) in [6.45, 7) is 4.53. The highest BCUT2D eigenvalue weighted by Crippen LogP contribution is 2.31. The molecule has 0 heterocycles. The summed E-state index contributed by atoms with van der Waals surface area (Å²) in [6, 6.07) is 5.44. The highest BCUT2D eigenvalue weighted by atomic mass is 79.9. The lowest BCUT2D eigenvalue weighted by atomic mass is 9.80. The van der Waals surface area contributed by atoms with Crippen molar-refractivity contribution in [2.75, 3.05) is 5.32 Å². The van der Waals surface area contributed by atoms with Crippen LogP contribution in [0.5, 0.6) is 0 Å². The van der Waals surface area contributed by atoms with Gasteiger partial charge in [0.25, 0.3) is 0 Å². The second-order valence-corrected chi connectivity index (χ2v) is 6.19. The molecule has 1 nitrogen and oxygen atoms in total. The van der Waals surface area contributed by atoms with E-state index in [0.717, 1.165) is 16.8 Å². The molecule has 0 saturated heterocycles. The quantitative estimate of drug-likeness (QED) is 0.825. The molecule has 1 aliphatic rings. The lowest BCUT2D eigenvalue weighted by Gasteiger charge is -2.34. The van der Waals surface area contributed by atoms with Gasteiger partial charge in [-0.05, 0) is 42.9 Å². The average molecular weight is 300 g/mol. The van der Waals surface area contributed by atoms with E-state index < -0.39 is 0 Å². The lowest BCUT2D eigenvalue weighted by molar-refractivity contribution is 0.280. The predicted molar refractivity (Wildman–Crippen MR) is 73.7 cm³/mol. The van der Waals surface area contributed by atoms with Gasteiger partial charge in [0, 0.05) is 10.5 Å². The van der Waals surface area contributed by atoms with Gasteiger partial charge in [0.05, 0.1) is 5.69 Å². The molecule has 1 aromatic rings. The Balaban J connectivity index is 2.11. The van der Waals surface area contributed by atoms with Gasteiger partial charge in [-0.25, -0.2) is 4.39 Å². The molecule has 1 N–H and O–H groups in total. The summed E-state index contributed by atoms with van der Waals surface area (Å²) < 4.78 is 14.6. The summed E-state index contributed by atoms with van der Waals surface area (Å²) in [5.41, 5.74) is 0.616. The molecule has 1 aliphatic carbocycles. The maximum absolute atomic E-state index is 13.7. The van der Waals surface area contributed by atoms with Crippen molar-refractivity contribution >= 4 is 21.6 Å². The molecule has 0 aliphatic heterocycles. The highest BCUT2D eigenvalue weighted by molar-refractivity contribution is 9.10. The normalized spacial score (nSPS) is 29.1. The fourth-order valence-corrected chi connectivity index (χ4v) is 2.90. The van der Waals surface area contributed by atoms with Gasteiger partial charge in [0.15, 0.2) is 0 Å². The summed E-state index contributed by atoms with van der Waals surface area (Å²) in [4.78, 5) is 0. The van der Waals surface area contributed by atoms with Crippen LogP contribution in [-0.2, 0) is 0 Å². The second-order valence-electron chi connectivity index (χ2n) is 5.27. The minimum Gasteiger partial charge on any atom is -0.380 e. The van der Waals surface area contributed by atoms with E-state index in [0.29, 0.717) is 17.6 Å². The summed E-state index contributed by atoms with van der Waals surface area (Å²) in [5.74, 6) is 1.18. The van der Waals surface area contributed by atoms with Crippen LogP contribution in [0, 0.1) is 17.7 Å². The molecule has 0 spiro atoms. The fraction of sp³-hybridized carbons (Fsp3) is 0.571. The molecule has 3 atom stereocenters. The van der Waals surface area contributed by atoms with Crippen molar-refractivity contribution in [1.29, 1.82) is 0 Å². The Morgan fingerprint density at radius 3 is 2.82 bits per heavy atom. The standard InChI is InChI=1S/C14H19BrFN/c1-9-3-4-10(2)13(7-9)17-14-8-11(15)5-6-12(14)16/h5-6,8-10,13,17H,3-4,7H2,1-2H3. The summed E-state index contributed by atoms with van der Waals surface area (Å²) in [7, 11) is 0. The predicted octanol–water partition coefficient (Wildman–Crippen LogP) is 4.82. The minimum absolute atomic E-state index is 0.168. The molecule has 0 radical (unpaired) electrons. The Hall–Kier alpha value is -0.570. The first kappa shape index (κ1) is 12.9. The molecule has 3 heteroatoms. The summed E-state index contributed by atoms with van der Waals surface area (Å²) >= 11 is 3.38. The van der Waals surface area contributed by atoms with E-state index in [9.17, 15) is 4.39 Å². The molecule has 0 bridgehead atoms. The maximum atomic E-state index is 13.7. The number of nitrogens with one attached hydrogen (secondary N) is 1.